The van der Waals surface area contributed by atoms with Crippen LogP contribution in [0.5, 0.6) is 0 Å². The predicted molar refractivity (Wildman–Crippen MR) is 72.0 cm³/mol. The number of rotatable bonds is 1. The molecule has 1 unspecified atom stereocenters. The van der Waals surface area contributed by atoms with E-state index in [0.717, 1.165) is 4.90 Å². The summed E-state index contributed by atoms with van der Waals surface area (Å²) in [7, 11) is 0. The van der Waals surface area contributed by atoms with Crippen LogP contribution in [0.25, 0.3) is 0 Å². The van der Waals surface area contributed by atoms with E-state index in [2.05, 4.69) is 4.99 Å². The largest absolute Gasteiger partial charge is 0.355 e. The van der Waals surface area contributed by atoms with Crippen LogP contribution in [-0.4, -0.2) is 22.9 Å². The number of nitrogens with zero attached hydrogens (tertiary/aromatic N) is 2. The highest BCUT2D eigenvalue weighted by Gasteiger charge is 2.39. The van der Waals surface area contributed by atoms with Crippen molar-refractivity contribution in [2.75, 3.05) is 4.90 Å². The van der Waals surface area contributed by atoms with E-state index in [9.17, 15) is 14.0 Å². The number of aliphatic imine (C=N–C) groups is 1. The highest BCUT2D eigenvalue weighted by Crippen LogP contribution is 2.32. The van der Waals surface area contributed by atoms with E-state index >= 15 is 0 Å². The molecule has 2 heterocycles. The summed E-state index contributed by atoms with van der Waals surface area (Å²) < 4.78 is 13.1. The van der Waals surface area contributed by atoms with E-state index in [1.165, 1.54) is 30.0 Å². The standard InChI is InChI=1S/C13H9FN2O2S/c1-7-6-8(14)2-3-10(7)16-12(17)11-9(4-5-19-11)15-13(16)18/h2-6,11H,1H3. The van der Waals surface area contributed by atoms with E-state index < -0.39 is 17.1 Å². The summed E-state index contributed by atoms with van der Waals surface area (Å²) in [6, 6.07) is 3.31. The van der Waals surface area contributed by atoms with Gasteiger partial charge in [0, 0.05) is 0 Å². The first-order valence-corrected chi connectivity index (χ1v) is 6.57. The Bertz CT molecular complexity index is 654. The van der Waals surface area contributed by atoms with Gasteiger partial charge in [-0.2, -0.15) is 4.99 Å². The molecule has 19 heavy (non-hydrogen) atoms. The van der Waals surface area contributed by atoms with Gasteiger partial charge in [0.2, 0.25) is 0 Å². The molecule has 0 aliphatic carbocycles. The molecular weight excluding hydrogens is 267 g/mol. The van der Waals surface area contributed by atoms with E-state index in [1.807, 2.05) is 0 Å². The molecule has 0 radical (unpaired) electrons. The molecule has 96 valence electrons. The van der Waals surface area contributed by atoms with E-state index in [-0.39, 0.29) is 5.91 Å². The maximum absolute atomic E-state index is 13.1. The molecule has 0 fully saturated rings. The first kappa shape index (κ1) is 12.1. The lowest BCUT2D eigenvalue weighted by Crippen LogP contribution is -2.47. The molecule has 3 rings (SSSR count). The van der Waals surface area contributed by atoms with Gasteiger partial charge in [-0.3, -0.25) is 4.79 Å². The summed E-state index contributed by atoms with van der Waals surface area (Å²) in [5.74, 6) is -0.737. The Hall–Kier alpha value is -1.95. The van der Waals surface area contributed by atoms with Gasteiger partial charge in [-0.05, 0) is 42.2 Å². The van der Waals surface area contributed by atoms with Crippen molar-refractivity contribution in [2.45, 2.75) is 12.2 Å². The summed E-state index contributed by atoms with van der Waals surface area (Å²) in [4.78, 5) is 29.2. The van der Waals surface area contributed by atoms with Gasteiger partial charge < -0.3 is 0 Å². The second kappa shape index (κ2) is 4.31. The highest BCUT2D eigenvalue weighted by atomic mass is 32.2. The molecule has 2 aliphatic rings. The minimum atomic E-state index is -0.627. The van der Waals surface area contributed by atoms with Crippen LogP contribution < -0.4 is 4.90 Å². The number of fused-ring (bicyclic) bond motifs is 1. The lowest BCUT2D eigenvalue weighted by Gasteiger charge is -2.27. The summed E-state index contributed by atoms with van der Waals surface area (Å²) >= 11 is 1.32. The topological polar surface area (TPSA) is 49.7 Å². The number of urea groups is 1. The molecule has 0 bridgehead atoms. The number of anilines is 1. The number of thioether (sulfide) groups is 1. The molecule has 1 aromatic rings. The number of aryl methyl sites for hydroxylation is 1. The number of allylic oxidation sites excluding steroid dienone is 1. The average molecular weight is 276 g/mol. The number of benzene rings is 1. The first-order valence-electron chi connectivity index (χ1n) is 5.62. The second-order valence-corrected chi connectivity index (χ2v) is 5.26. The molecule has 0 saturated heterocycles. The lowest BCUT2D eigenvalue weighted by molar-refractivity contribution is -0.116. The summed E-state index contributed by atoms with van der Waals surface area (Å²) in [5.41, 5.74) is 1.39. The number of hydrogen-bond donors (Lipinski definition) is 0. The van der Waals surface area contributed by atoms with Crippen molar-refractivity contribution in [2.24, 2.45) is 4.99 Å². The van der Waals surface area contributed by atoms with Crippen molar-refractivity contribution in [1.82, 2.24) is 0 Å². The maximum Gasteiger partial charge on any atom is 0.355 e. The van der Waals surface area contributed by atoms with Crippen LogP contribution in [0, 0.1) is 12.7 Å². The Kier molecular flexibility index (Phi) is 2.74. The van der Waals surface area contributed by atoms with Gasteiger partial charge in [-0.15, -0.1) is 11.8 Å². The number of carbonyl (C=O) groups excluding carboxylic acids is 2. The van der Waals surface area contributed by atoms with E-state index in [4.69, 9.17) is 0 Å². The number of hydrogen-bond acceptors (Lipinski definition) is 3. The molecule has 0 aromatic heterocycles. The summed E-state index contributed by atoms with van der Waals surface area (Å²) in [6.07, 6.45) is 1.67. The SMILES string of the molecule is Cc1cc(F)ccc1N1C(=O)N=C2C=CSC2C1=O. The van der Waals surface area contributed by atoms with Crippen LogP contribution in [0.2, 0.25) is 0 Å². The van der Waals surface area contributed by atoms with Gasteiger partial charge in [0.1, 0.15) is 11.1 Å². The molecular formula is C13H9FN2O2S. The fourth-order valence-electron chi connectivity index (χ4n) is 2.09. The van der Waals surface area contributed by atoms with Crippen molar-refractivity contribution in [3.8, 4) is 0 Å². The fourth-order valence-corrected chi connectivity index (χ4v) is 2.96. The van der Waals surface area contributed by atoms with Crippen LogP contribution in [0.3, 0.4) is 0 Å². The molecule has 3 amide bonds. The predicted octanol–water partition coefficient (Wildman–Crippen LogP) is 2.67. The minimum absolute atomic E-state index is 0.334. The number of carbonyl (C=O) groups is 2. The average Bonchev–Trinajstić information content (AvgIpc) is 2.80. The van der Waals surface area contributed by atoms with Crippen LogP contribution in [0.1, 0.15) is 5.56 Å². The molecule has 0 saturated carbocycles. The molecule has 2 aliphatic heterocycles. The second-order valence-electron chi connectivity index (χ2n) is 4.24. The normalized spacial score (nSPS) is 21.7. The lowest BCUT2D eigenvalue weighted by atomic mass is 10.1. The van der Waals surface area contributed by atoms with Crippen LogP contribution in [0.4, 0.5) is 14.9 Å². The van der Waals surface area contributed by atoms with Crippen molar-refractivity contribution >= 4 is 35.1 Å². The monoisotopic (exact) mass is 276 g/mol. The molecule has 4 nitrogen and oxygen atoms in total. The van der Waals surface area contributed by atoms with Gasteiger partial charge in [-0.25, -0.2) is 14.1 Å². The molecule has 1 aromatic carbocycles. The first-order chi connectivity index (χ1) is 9.08. The van der Waals surface area contributed by atoms with Gasteiger partial charge >= 0.3 is 6.03 Å². The number of halogens is 1. The Labute approximate surface area is 113 Å². The zero-order valence-corrected chi connectivity index (χ0v) is 10.8. The Balaban J connectivity index is 2.06. The van der Waals surface area contributed by atoms with Crippen molar-refractivity contribution in [3.05, 3.63) is 41.1 Å². The van der Waals surface area contributed by atoms with Gasteiger partial charge in [0.15, 0.2) is 0 Å². The zero-order chi connectivity index (χ0) is 13.6. The fraction of sp³-hybridized carbons (Fsp3) is 0.154. The quantitative estimate of drug-likeness (QED) is 0.792. The molecule has 6 heteroatoms. The third-order valence-corrected chi connectivity index (χ3v) is 3.99. The Morgan fingerprint density at radius 1 is 1.37 bits per heavy atom. The number of amides is 3. The zero-order valence-electron chi connectivity index (χ0n) is 9.96. The summed E-state index contributed by atoms with van der Waals surface area (Å²) in [5, 5.41) is 1.28. The Morgan fingerprint density at radius 2 is 2.16 bits per heavy atom. The highest BCUT2D eigenvalue weighted by molar-refractivity contribution is 8.04. The minimum Gasteiger partial charge on any atom is -0.272 e. The van der Waals surface area contributed by atoms with E-state index in [1.54, 1.807) is 18.4 Å². The van der Waals surface area contributed by atoms with Gasteiger partial charge in [0.25, 0.3) is 5.91 Å². The third kappa shape index (κ3) is 1.88. The van der Waals surface area contributed by atoms with Crippen molar-refractivity contribution < 1.29 is 14.0 Å². The van der Waals surface area contributed by atoms with Crippen molar-refractivity contribution in [3.63, 3.8) is 0 Å². The third-order valence-electron chi connectivity index (χ3n) is 2.98. The van der Waals surface area contributed by atoms with Gasteiger partial charge in [0.05, 0.1) is 11.4 Å². The summed E-state index contributed by atoms with van der Waals surface area (Å²) in [6.45, 7) is 1.65. The maximum atomic E-state index is 13.1. The van der Waals surface area contributed by atoms with Crippen LogP contribution >= 0.6 is 11.8 Å². The number of imide groups is 1. The van der Waals surface area contributed by atoms with E-state index in [0.29, 0.717) is 17.0 Å². The van der Waals surface area contributed by atoms with Crippen LogP contribution in [-0.2, 0) is 4.79 Å². The molecule has 0 spiro atoms. The molecule has 0 N–H and O–H groups in total. The molecule has 1 atom stereocenters. The Morgan fingerprint density at radius 3 is 2.89 bits per heavy atom. The van der Waals surface area contributed by atoms with Crippen molar-refractivity contribution in [1.29, 1.82) is 0 Å². The smallest absolute Gasteiger partial charge is 0.272 e. The van der Waals surface area contributed by atoms with Gasteiger partial charge in [-0.1, -0.05) is 0 Å². The van der Waals surface area contributed by atoms with Crippen LogP contribution in [0.15, 0.2) is 34.7 Å².